The summed E-state index contributed by atoms with van der Waals surface area (Å²) in [5.41, 5.74) is 3.26. The van der Waals surface area contributed by atoms with Crippen molar-refractivity contribution in [2.45, 2.75) is 11.8 Å². The van der Waals surface area contributed by atoms with E-state index in [1.54, 1.807) is 41.8 Å². The molecule has 0 aliphatic heterocycles. The Balaban J connectivity index is 1.81. The molecule has 0 aliphatic carbocycles. The zero-order chi connectivity index (χ0) is 23.6. The van der Waals surface area contributed by atoms with Gasteiger partial charge in [0.15, 0.2) is 0 Å². The van der Waals surface area contributed by atoms with Crippen molar-refractivity contribution < 1.29 is 13.2 Å². The first-order valence-corrected chi connectivity index (χ1v) is 12.8. The highest BCUT2D eigenvalue weighted by Gasteiger charge is 2.32. The molecule has 0 unspecified atom stereocenters. The van der Waals surface area contributed by atoms with Crippen molar-refractivity contribution >= 4 is 50.2 Å². The maximum Gasteiger partial charge on any atom is 0.267 e. The average molecular weight is 497 g/mol. The highest BCUT2D eigenvalue weighted by molar-refractivity contribution is 7.93. The van der Waals surface area contributed by atoms with Crippen LogP contribution in [0.4, 0.5) is 11.4 Å². The number of anilines is 2. The fourth-order valence-electron chi connectivity index (χ4n) is 3.33. The number of carbonyl (C=O) groups is 1. The quantitative estimate of drug-likeness (QED) is 0.333. The largest absolute Gasteiger partial charge is 0.321 e. The van der Waals surface area contributed by atoms with Crippen LogP contribution in [0.5, 0.6) is 0 Å². The van der Waals surface area contributed by atoms with Crippen molar-refractivity contribution in [3.8, 4) is 11.1 Å². The maximum atomic E-state index is 13.8. The van der Waals surface area contributed by atoms with Crippen molar-refractivity contribution in [3.63, 3.8) is 0 Å². The number of hydrogen-bond donors (Lipinski definition) is 1. The molecular formula is C25H21ClN2O3S2. The minimum absolute atomic E-state index is 0.0201. The molecule has 0 fully saturated rings. The van der Waals surface area contributed by atoms with Gasteiger partial charge in [-0.15, -0.1) is 11.3 Å². The van der Waals surface area contributed by atoms with Crippen LogP contribution in [0.2, 0.25) is 5.02 Å². The van der Waals surface area contributed by atoms with E-state index in [0.29, 0.717) is 22.0 Å². The minimum Gasteiger partial charge on any atom is -0.321 e. The van der Waals surface area contributed by atoms with Crippen LogP contribution >= 0.6 is 22.9 Å². The van der Waals surface area contributed by atoms with Crippen LogP contribution in [0.3, 0.4) is 0 Å². The lowest BCUT2D eigenvalue weighted by Gasteiger charge is -2.21. The highest BCUT2D eigenvalue weighted by Crippen LogP contribution is 2.38. The number of halogens is 1. The van der Waals surface area contributed by atoms with Gasteiger partial charge in [0.05, 0.1) is 5.69 Å². The Morgan fingerprint density at radius 3 is 2.21 bits per heavy atom. The normalized spacial score (nSPS) is 11.2. The molecule has 1 N–H and O–H groups in total. The number of carbonyl (C=O) groups excluding carboxylic acids is 1. The van der Waals surface area contributed by atoms with E-state index in [1.807, 2.05) is 49.4 Å². The molecule has 3 aromatic carbocycles. The molecule has 5 nitrogen and oxygen atoms in total. The van der Waals surface area contributed by atoms with E-state index in [2.05, 4.69) is 5.32 Å². The Labute approximate surface area is 202 Å². The molecule has 8 heteroatoms. The van der Waals surface area contributed by atoms with Gasteiger partial charge in [-0.25, -0.2) is 8.42 Å². The summed E-state index contributed by atoms with van der Waals surface area (Å²) < 4.78 is 28.9. The Hall–Kier alpha value is -3.13. The molecule has 1 aromatic heterocycles. The van der Waals surface area contributed by atoms with Crippen LogP contribution in [0.25, 0.3) is 11.1 Å². The fourth-order valence-corrected chi connectivity index (χ4v) is 6.31. The summed E-state index contributed by atoms with van der Waals surface area (Å²) in [7, 11) is -2.56. The van der Waals surface area contributed by atoms with Gasteiger partial charge in [0.25, 0.3) is 15.9 Å². The monoisotopic (exact) mass is 496 g/mol. The number of hydrogen-bond acceptors (Lipinski definition) is 4. The predicted octanol–water partition coefficient (Wildman–Crippen LogP) is 6.45. The van der Waals surface area contributed by atoms with Crippen molar-refractivity contribution in [1.82, 2.24) is 0 Å². The summed E-state index contributed by atoms with van der Waals surface area (Å²) in [5, 5.41) is 5.03. The molecule has 0 saturated carbocycles. The molecule has 0 spiro atoms. The van der Waals surface area contributed by atoms with Crippen molar-refractivity contribution in [3.05, 3.63) is 99.7 Å². The van der Waals surface area contributed by atoms with E-state index < -0.39 is 15.9 Å². The van der Waals surface area contributed by atoms with Crippen LogP contribution in [0, 0.1) is 6.92 Å². The van der Waals surface area contributed by atoms with Gasteiger partial charge in [0.2, 0.25) is 0 Å². The summed E-state index contributed by atoms with van der Waals surface area (Å²) in [5.74, 6) is -0.500. The molecule has 4 rings (SSSR count). The van der Waals surface area contributed by atoms with E-state index in [1.165, 1.54) is 11.4 Å². The molecule has 0 saturated heterocycles. The second-order valence-corrected chi connectivity index (χ2v) is 10.7. The number of amides is 1. The maximum absolute atomic E-state index is 13.8. The van der Waals surface area contributed by atoms with Crippen LogP contribution in [0.1, 0.15) is 15.2 Å². The van der Waals surface area contributed by atoms with E-state index in [-0.39, 0.29) is 9.77 Å². The molecule has 168 valence electrons. The van der Waals surface area contributed by atoms with Gasteiger partial charge >= 0.3 is 0 Å². The van der Waals surface area contributed by atoms with E-state index in [4.69, 9.17) is 11.6 Å². The van der Waals surface area contributed by atoms with Gasteiger partial charge in [-0.2, -0.15) is 0 Å². The van der Waals surface area contributed by atoms with Gasteiger partial charge in [-0.05, 0) is 48.9 Å². The Kier molecular flexibility index (Phi) is 6.56. The molecule has 0 radical (unpaired) electrons. The summed E-state index contributed by atoms with van der Waals surface area (Å²) in [4.78, 5) is 13.3. The number of sulfonamides is 1. The number of aryl methyl sites for hydroxylation is 1. The first-order chi connectivity index (χ1) is 15.8. The molecular weight excluding hydrogens is 476 g/mol. The molecule has 1 amide bonds. The zero-order valence-corrected chi connectivity index (χ0v) is 20.3. The average Bonchev–Trinajstić information content (AvgIpc) is 3.28. The van der Waals surface area contributed by atoms with E-state index >= 15 is 0 Å². The summed E-state index contributed by atoms with van der Waals surface area (Å²) in [6.45, 7) is 1.93. The molecule has 1 heterocycles. The first kappa shape index (κ1) is 23.0. The van der Waals surface area contributed by atoms with Gasteiger partial charge in [0.1, 0.15) is 9.77 Å². The summed E-state index contributed by atoms with van der Waals surface area (Å²) in [6.07, 6.45) is 0. The summed E-state index contributed by atoms with van der Waals surface area (Å²) in [6, 6.07) is 23.0. The molecule has 0 aliphatic rings. The zero-order valence-electron chi connectivity index (χ0n) is 17.9. The Bertz CT molecular complexity index is 1380. The SMILES string of the molecule is Cc1ccc(N(C)S(=O)(=O)c2c(-c3ccccc3)csc2C(=O)Nc2ccc(Cl)cc2)cc1. The first-order valence-electron chi connectivity index (χ1n) is 10.1. The summed E-state index contributed by atoms with van der Waals surface area (Å²) >= 11 is 7.03. The lowest BCUT2D eigenvalue weighted by molar-refractivity contribution is 0.102. The third-order valence-electron chi connectivity index (χ3n) is 5.15. The highest BCUT2D eigenvalue weighted by atomic mass is 35.5. The van der Waals surface area contributed by atoms with Gasteiger partial charge in [0, 0.05) is 28.7 Å². The van der Waals surface area contributed by atoms with Crippen molar-refractivity contribution in [2.75, 3.05) is 16.7 Å². The Morgan fingerprint density at radius 2 is 1.58 bits per heavy atom. The fraction of sp³-hybridized carbons (Fsp3) is 0.0800. The lowest BCUT2D eigenvalue weighted by atomic mass is 10.1. The van der Waals surface area contributed by atoms with Crippen LogP contribution in [-0.2, 0) is 10.0 Å². The van der Waals surface area contributed by atoms with Gasteiger partial charge in [-0.3, -0.25) is 9.10 Å². The topological polar surface area (TPSA) is 66.5 Å². The second-order valence-electron chi connectivity index (χ2n) is 7.44. The van der Waals surface area contributed by atoms with Crippen LogP contribution in [0.15, 0.2) is 89.1 Å². The van der Waals surface area contributed by atoms with Crippen molar-refractivity contribution in [2.24, 2.45) is 0 Å². The molecule has 33 heavy (non-hydrogen) atoms. The van der Waals surface area contributed by atoms with Crippen LogP contribution < -0.4 is 9.62 Å². The predicted molar refractivity (Wildman–Crippen MR) is 136 cm³/mol. The van der Waals surface area contributed by atoms with E-state index in [0.717, 1.165) is 22.5 Å². The Morgan fingerprint density at radius 1 is 0.939 bits per heavy atom. The number of benzene rings is 3. The molecule has 0 bridgehead atoms. The van der Waals surface area contributed by atoms with Gasteiger partial charge in [-0.1, -0.05) is 59.6 Å². The number of thiophene rings is 1. The smallest absolute Gasteiger partial charge is 0.267 e. The number of rotatable bonds is 6. The molecule has 4 aromatic rings. The number of nitrogens with one attached hydrogen (secondary N) is 1. The third-order valence-corrected chi connectivity index (χ3v) is 8.39. The third kappa shape index (κ3) is 4.80. The molecule has 0 atom stereocenters. The second kappa shape index (κ2) is 9.39. The minimum atomic E-state index is -4.05. The standard InChI is InChI=1S/C25H21ClN2O3S2/c1-17-8-14-21(15-9-17)28(2)33(30,31)24-22(18-6-4-3-5-7-18)16-32-23(24)25(29)27-20-12-10-19(26)11-13-20/h3-16H,1-2H3,(H,27,29). The van der Waals surface area contributed by atoms with Gasteiger partial charge < -0.3 is 5.32 Å². The van der Waals surface area contributed by atoms with Crippen molar-refractivity contribution in [1.29, 1.82) is 0 Å². The van der Waals surface area contributed by atoms with Crippen LogP contribution in [-0.4, -0.2) is 21.4 Å². The van der Waals surface area contributed by atoms with E-state index in [9.17, 15) is 13.2 Å². The lowest BCUT2D eigenvalue weighted by Crippen LogP contribution is -2.28. The number of nitrogens with zero attached hydrogens (tertiary/aromatic N) is 1.